The molecule has 0 saturated carbocycles. The van der Waals surface area contributed by atoms with Gasteiger partial charge in [-0.3, -0.25) is 4.79 Å². The van der Waals surface area contributed by atoms with Crippen molar-refractivity contribution in [2.75, 3.05) is 26.4 Å². The van der Waals surface area contributed by atoms with Gasteiger partial charge in [0.05, 0.1) is 13.2 Å². The number of hydrogen-bond donors (Lipinski definition) is 0. The summed E-state index contributed by atoms with van der Waals surface area (Å²) < 4.78 is 34.9. The van der Waals surface area contributed by atoms with E-state index in [-0.39, 0.29) is 13.2 Å². The number of hydrogen-bond acceptors (Lipinski definition) is 5. The molecule has 0 aromatic rings. The largest absolute Gasteiger partial charge is 0.433 e. The van der Waals surface area contributed by atoms with E-state index >= 15 is 0 Å². The molecule has 132 valence electrons. The van der Waals surface area contributed by atoms with E-state index in [1.165, 1.54) is 13.8 Å². The fraction of sp³-hybridized carbons (Fsp3) is 0.938. The SMILES string of the molecule is CCCCOCC(COCCCC)O[C@@H](OC(C)=O)[C@H](C)F. The summed E-state index contributed by atoms with van der Waals surface area (Å²) in [4.78, 5) is 11.0. The van der Waals surface area contributed by atoms with Gasteiger partial charge < -0.3 is 18.9 Å². The van der Waals surface area contributed by atoms with Crippen LogP contribution < -0.4 is 0 Å². The van der Waals surface area contributed by atoms with E-state index in [9.17, 15) is 9.18 Å². The molecular formula is C16H31FO5. The van der Waals surface area contributed by atoms with Crippen LogP contribution in [-0.2, 0) is 23.7 Å². The van der Waals surface area contributed by atoms with Crippen molar-refractivity contribution in [2.45, 2.75) is 71.9 Å². The molecule has 0 bridgehead atoms. The van der Waals surface area contributed by atoms with Crippen LogP contribution in [0.25, 0.3) is 0 Å². The number of unbranched alkanes of at least 4 members (excludes halogenated alkanes) is 2. The fourth-order valence-corrected chi connectivity index (χ4v) is 1.63. The molecule has 0 unspecified atom stereocenters. The number of carbonyl (C=O) groups is 1. The topological polar surface area (TPSA) is 54.0 Å². The smallest absolute Gasteiger partial charge is 0.305 e. The first-order valence-corrected chi connectivity index (χ1v) is 8.13. The molecule has 0 N–H and O–H groups in total. The van der Waals surface area contributed by atoms with Gasteiger partial charge in [-0.15, -0.1) is 0 Å². The van der Waals surface area contributed by atoms with Gasteiger partial charge in [0.2, 0.25) is 6.29 Å². The van der Waals surface area contributed by atoms with Gasteiger partial charge in [-0.25, -0.2) is 4.39 Å². The Balaban J connectivity index is 4.34. The Kier molecular flexibility index (Phi) is 13.5. The zero-order valence-corrected chi connectivity index (χ0v) is 14.3. The molecule has 0 saturated heterocycles. The van der Waals surface area contributed by atoms with Gasteiger partial charge in [-0.1, -0.05) is 26.7 Å². The predicted octanol–water partition coefficient (Wildman–Crippen LogP) is 3.25. The van der Waals surface area contributed by atoms with Crippen molar-refractivity contribution in [3.63, 3.8) is 0 Å². The van der Waals surface area contributed by atoms with Crippen molar-refractivity contribution in [1.29, 1.82) is 0 Å². The lowest BCUT2D eigenvalue weighted by Gasteiger charge is -2.25. The highest BCUT2D eigenvalue weighted by molar-refractivity contribution is 5.66. The van der Waals surface area contributed by atoms with Crippen LogP contribution in [0.2, 0.25) is 0 Å². The number of halogens is 1. The quantitative estimate of drug-likeness (QED) is 0.279. The maximum absolute atomic E-state index is 13.5. The molecule has 0 aliphatic heterocycles. The Labute approximate surface area is 133 Å². The van der Waals surface area contributed by atoms with Gasteiger partial charge in [0.25, 0.3) is 0 Å². The van der Waals surface area contributed by atoms with Crippen molar-refractivity contribution < 1.29 is 28.1 Å². The second kappa shape index (κ2) is 13.9. The number of carbonyl (C=O) groups excluding carboxylic acids is 1. The summed E-state index contributed by atoms with van der Waals surface area (Å²) in [5, 5.41) is 0. The summed E-state index contributed by atoms with van der Waals surface area (Å²) in [5.41, 5.74) is 0. The van der Waals surface area contributed by atoms with E-state index in [1.807, 2.05) is 0 Å². The highest BCUT2D eigenvalue weighted by atomic mass is 19.1. The van der Waals surface area contributed by atoms with Crippen LogP contribution in [0, 0.1) is 0 Å². The maximum Gasteiger partial charge on any atom is 0.305 e. The van der Waals surface area contributed by atoms with E-state index in [4.69, 9.17) is 18.9 Å². The summed E-state index contributed by atoms with van der Waals surface area (Å²) in [6.07, 6.45) is 0.875. The molecule has 0 aliphatic carbocycles. The Morgan fingerprint density at radius 2 is 1.55 bits per heavy atom. The van der Waals surface area contributed by atoms with Crippen molar-refractivity contribution in [1.82, 2.24) is 0 Å². The molecule has 0 amide bonds. The average molecular weight is 322 g/mol. The molecule has 0 radical (unpaired) electrons. The summed E-state index contributed by atoms with van der Waals surface area (Å²) in [6.45, 7) is 8.49. The van der Waals surface area contributed by atoms with Gasteiger partial charge in [0, 0.05) is 20.1 Å². The number of ether oxygens (including phenoxy) is 4. The minimum Gasteiger partial charge on any atom is -0.433 e. The third-order valence-corrected chi connectivity index (χ3v) is 2.88. The van der Waals surface area contributed by atoms with Gasteiger partial charge in [0.15, 0.2) is 6.17 Å². The summed E-state index contributed by atoms with van der Waals surface area (Å²) in [7, 11) is 0. The predicted molar refractivity (Wildman–Crippen MR) is 82.5 cm³/mol. The molecule has 0 aromatic heterocycles. The Hall–Kier alpha value is -0.720. The molecule has 6 heteroatoms. The number of rotatable bonds is 14. The fourth-order valence-electron chi connectivity index (χ4n) is 1.63. The van der Waals surface area contributed by atoms with Gasteiger partial charge >= 0.3 is 5.97 Å². The summed E-state index contributed by atoms with van der Waals surface area (Å²) in [5.74, 6) is -0.577. The van der Waals surface area contributed by atoms with Crippen molar-refractivity contribution >= 4 is 5.97 Å². The lowest BCUT2D eigenvalue weighted by molar-refractivity contribution is -0.216. The summed E-state index contributed by atoms with van der Waals surface area (Å²) in [6, 6.07) is 0. The molecule has 0 fully saturated rings. The number of alkyl halides is 1. The van der Waals surface area contributed by atoms with E-state index in [0.717, 1.165) is 25.7 Å². The average Bonchev–Trinajstić information content (AvgIpc) is 2.46. The Bertz CT molecular complexity index is 261. The molecule has 0 rings (SSSR count). The standard InChI is InChI=1S/C16H31FO5/c1-5-7-9-19-11-15(12-20-10-8-6-2)22-16(13(3)17)21-14(4)18/h13,15-16H,5-12H2,1-4H3/t13-,16+/m0/s1. The highest BCUT2D eigenvalue weighted by Crippen LogP contribution is 2.11. The lowest BCUT2D eigenvalue weighted by Crippen LogP contribution is -2.37. The highest BCUT2D eigenvalue weighted by Gasteiger charge is 2.25. The van der Waals surface area contributed by atoms with E-state index in [0.29, 0.717) is 13.2 Å². The van der Waals surface area contributed by atoms with Crippen LogP contribution in [-0.4, -0.2) is 51.0 Å². The summed E-state index contributed by atoms with van der Waals surface area (Å²) >= 11 is 0. The third-order valence-electron chi connectivity index (χ3n) is 2.88. The molecule has 0 spiro atoms. The molecule has 0 aliphatic rings. The normalized spacial score (nSPS) is 14.1. The Morgan fingerprint density at radius 3 is 1.91 bits per heavy atom. The molecule has 5 nitrogen and oxygen atoms in total. The van der Waals surface area contributed by atoms with Crippen LogP contribution in [0.15, 0.2) is 0 Å². The molecule has 2 atom stereocenters. The second-order valence-corrected chi connectivity index (χ2v) is 5.27. The van der Waals surface area contributed by atoms with E-state index in [1.54, 1.807) is 0 Å². The third kappa shape index (κ3) is 11.9. The van der Waals surface area contributed by atoms with Gasteiger partial charge in [-0.05, 0) is 19.8 Å². The first kappa shape index (κ1) is 21.3. The maximum atomic E-state index is 13.5. The minimum atomic E-state index is -1.42. The lowest BCUT2D eigenvalue weighted by atomic mass is 10.3. The van der Waals surface area contributed by atoms with Crippen LogP contribution in [0.3, 0.4) is 0 Å². The number of esters is 1. The van der Waals surface area contributed by atoms with E-state index < -0.39 is 24.5 Å². The van der Waals surface area contributed by atoms with Crippen LogP contribution >= 0.6 is 0 Å². The first-order valence-electron chi connectivity index (χ1n) is 8.13. The monoisotopic (exact) mass is 322 g/mol. The second-order valence-electron chi connectivity index (χ2n) is 5.27. The van der Waals surface area contributed by atoms with Gasteiger partial charge in [0.1, 0.15) is 6.10 Å². The van der Waals surface area contributed by atoms with Crippen molar-refractivity contribution in [3.8, 4) is 0 Å². The van der Waals surface area contributed by atoms with Crippen LogP contribution in [0.5, 0.6) is 0 Å². The van der Waals surface area contributed by atoms with Gasteiger partial charge in [-0.2, -0.15) is 0 Å². The first-order chi connectivity index (χ1) is 10.5. The molecular weight excluding hydrogens is 291 g/mol. The Morgan fingerprint density at radius 1 is 1.05 bits per heavy atom. The zero-order valence-electron chi connectivity index (χ0n) is 14.3. The van der Waals surface area contributed by atoms with Crippen molar-refractivity contribution in [3.05, 3.63) is 0 Å². The molecule has 0 heterocycles. The van der Waals surface area contributed by atoms with Crippen molar-refractivity contribution in [2.24, 2.45) is 0 Å². The zero-order chi connectivity index (χ0) is 16.8. The van der Waals surface area contributed by atoms with E-state index in [2.05, 4.69) is 13.8 Å². The molecule has 22 heavy (non-hydrogen) atoms. The van der Waals surface area contributed by atoms with Crippen LogP contribution in [0.4, 0.5) is 4.39 Å². The van der Waals surface area contributed by atoms with Crippen LogP contribution in [0.1, 0.15) is 53.4 Å². The minimum absolute atomic E-state index is 0.288. The molecule has 0 aromatic carbocycles.